The summed E-state index contributed by atoms with van der Waals surface area (Å²) in [5.74, 6) is 2.78. The van der Waals surface area contributed by atoms with Crippen LogP contribution in [0.25, 0.3) is 0 Å². The van der Waals surface area contributed by atoms with Crippen molar-refractivity contribution in [2.24, 2.45) is 17.8 Å². The van der Waals surface area contributed by atoms with Gasteiger partial charge in [0.25, 0.3) is 0 Å². The molecule has 0 heterocycles. The maximum Gasteiger partial charge on any atom is 0.192 e. The normalized spacial score (nSPS) is 25.1. The molecule has 1 fully saturated rings. The smallest absolute Gasteiger partial charge is 0.192 e. The molecular weight excluding hydrogens is 432 g/mol. The Labute approximate surface area is 214 Å². The molecule has 5 atom stereocenters. The Hall–Kier alpha value is -0.803. The van der Waals surface area contributed by atoms with Crippen LogP contribution in [-0.4, -0.2) is 20.0 Å². The summed E-state index contributed by atoms with van der Waals surface area (Å²) >= 11 is 0. The van der Waals surface area contributed by atoms with Crippen molar-refractivity contribution in [3.8, 4) is 0 Å². The van der Waals surface area contributed by atoms with Gasteiger partial charge in [0.1, 0.15) is 6.10 Å². The van der Waals surface area contributed by atoms with E-state index in [0.29, 0.717) is 17.8 Å². The SMILES string of the molecule is C=CCCCC(=C)O[C@H]1C[C@@H](C)[C@H](CCC(C)(CCCCC)O[Si](C)(C)C(C)(C)C)[C@H]1CC=C. The standard InChI is InChI=1S/C31H58O2Si/c1-12-15-17-20-26(5)32-29-24-25(4)27(28(29)19-14-3)21-23-31(9,22-18-16-13-2)33-34(10,11)30(6,7)8/h12,14,25,27-29H,1,3,5,13,15-24H2,2,4,6-11H3/t25-,27+,28-,29+,31?/m1/s1. The number of unbranched alkanes of at least 4 members (excludes halogenated alkanes) is 3. The molecule has 1 unspecified atom stereocenters. The van der Waals surface area contributed by atoms with Gasteiger partial charge in [-0.1, -0.05) is 72.6 Å². The largest absolute Gasteiger partial charge is 0.495 e. The van der Waals surface area contributed by atoms with Crippen LogP contribution in [0, 0.1) is 17.8 Å². The lowest BCUT2D eigenvalue weighted by atomic mass is 9.80. The van der Waals surface area contributed by atoms with Gasteiger partial charge in [-0.15, -0.1) is 13.2 Å². The minimum absolute atomic E-state index is 0.0378. The molecule has 1 saturated carbocycles. The minimum atomic E-state index is -1.84. The molecule has 0 saturated heterocycles. The summed E-state index contributed by atoms with van der Waals surface area (Å²) in [7, 11) is -1.84. The van der Waals surface area contributed by atoms with Crippen LogP contribution >= 0.6 is 0 Å². The average Bonchev–Trinajstić information content (AvgIpc) is 3.00. The Kier molecular flexibility index (Phi) is 12.9. The Bertz CT molecular complexity index is 632. The maximum absolute atomic E-state index is 7.14. The maximum atomic E-state index is 7.14. The van der Waals surface area contributed by atoms with Crippen molar-refractivity contribution in [2.75, 3.05) is 0 Å². The Morgan fingerprint density at radius 3 is 2.24 bits per heavy atom. The van der Waals surface area contributed by atoms with Gasteiger partial charge in [0, 0.05) is 12.3 Å². The molecule has 1 aliphatic carbocycles. The third-order valence-electron chi connectivity index (χ3n) is 8.61. The highest BCUT2D eigenvalue weighted by atomic mass is 28.4. The zero-order chi connectivity index (χ0) is 26.0. The van der Waals surface area contributed by atoms with Gasteiger partial charge < -0.3 is 9.16 Å². The summed E-state index contributed by atoms with van der Waals surface area (Å²) in [5.41, 5.74) is -0.0378. The summed E-state index contributed by atoms with van der Waals surface area (Å²) in [6.45, 7) is 31.1. The van der Waals surface area contributed by atoms with Crippen molar-refractivity contribution in [3.05, 3.63) is 37.6 Å². The van der Waals surface area contributed by atoms with Gasteiger partial charge >= 0.3 is 0 Å². The highest BCUT2D eigenvalue weighted by Gasteiger charge is 2.45. The van der Waals surface area contributed by atoms with Gasteiger partial charge in [0.2, 0.25) is 0 Å². The van der Waals surface area contributed by atoms with E-state index in [1.807, 2.05) is 6.08 Å². The highest BCUT2D eigenvalue weighted by Crippen LogP contribution is 2.47. The minimum Gasteiger partial charge on any atom is -0.495 e. The molecular formula is C31H58O2Si. The van der Waals surface area contributed by atoms with Crippen molar-refractivity contribution in [2.45, 2.75) is 142 Å². The predicted molar refractivity (Wildman–Crippen MR) is 154 cm³/mol. The second kappa shape index (κ2) is 14.1. The molecule has 2 nitrogen and oxygen atoms in total. The monoisotopic (exact) mass is 490 g/mol. The summed E-state index contributed by atoms with van der Waals surface area (Å²) in [6.07, 6.45) is 16.8. The first kappa shape index (κ1) is 31.2. The van der Waals surface area contributed by atoms with Gasteiger partial charge in [-0.05, 0) is 81.8 Å². The first-order valence-electron chi connectivity index (χ1n) is 14.1. The molecule has 0 spiro atoms. The molecule has 0 aromatic carbocycles. The van der Waals surface area contributed by atoms with E-state index in [9.17, 15) is 0 Å². The lowest BCUT2D eigenvalue weighted by Gasteiger charge is -2.45. The molecule has 0 amide bonds. The van der Waals surface area contributed by atoms with Crippen molar-refractivity contribution in [1.29, 1.82) is 0 Å². The summed E-state index contributed by atoms with van der Waals surface area (Å²) in [4.78, 5) is 0. The molecule has 1 aliphatic rings. The zero-order valence-electron chi connectivity index (χ0n) is 24.2. The highest BCUT2D eigenvalue weighted by molar-refractivity contribution is 6.74. The Balaban J connectivity index is 2.93. The molecule has 34 heavy (non-hydrogen) atoms. The van der Waals surface area contributed by atoms with E-state index in [2.05, 4.69) is 80.4 Å². The molecule has 0 N–H and O–H groups in total. The fourth-order valence-corrected chi connectivity index (χ4v) is 7.24. The van der Waals surface area contributed by atoms with Crippen molar-refractivity contribution in [3.63, 3.8) is 0 Å². The van der Waals surface area contributed by atoms with Crippen LogP contribution in [0.15, 0.2) is 37.6 Å². The third-order valence-corrected chi connectivity index (χ3v) is 13.2. The van der Waals surface area contributed by atoms with Gasteiger partial charge in [0.15, 0.2) is 8.32 Å². The lowest BCUT2D eigenvalue weighted by molar-refractivity contribution is 0.0339. The molecule has 0 bridgehead atoms. The van der Waals surface area contributed by atoms with E-state index in [4.69, 9.17) is 9.16 Å². The van der Waals surface area contributed by atoms with E-state index in [-0.39, 0.29) is 16.7 Å². The van der Waals surface area contributed by atoms with Gasteiger partial charge in [0.05, 0.1) is 11.4 Å². The second-order valence-electron chi connectivity index (χ2n) is 12.7. The second-order valence-corrected chi connectivity index (χ2v) is 17.5. The summed E-state index contributed by atoms with van der Waals surface area (Å²) in [5, 5.41) is 0.232. The van der Waals surface area contributed by atoms with E-state index < -0.39 is 8.32 Å². The number of ether oxygens (including phenoxy) is 1. The van der Waals surface area contributed by atoms with E-state index >= 15 is 0 Å². The summed E-state index contributed by atoms with van der Waals surface area (Å²) in [6, 6.07) is 0. The van der Waals surface area contributed by atoms with E-state index in [0.717, 1.165) is 44.3 Å². The van der Waals surface area contributed by atoms with Crippen molar-refractivity contribution >= 4 is 8.32 Å². The lowest BCUT2D eigenvalue weighted by Crippen LogP contribution is -2.48. The first-order valence-corrected chi connectivity index (χ1v) is 17.0. The van der Waals surface area contributed by atoms with E-state index in [1.165, 1.54) is 32.1 Å². The van der Waals surface area contributed by atoms with Crippen LogP contribution in [0.3, 0.4) is 0 Å². The third kappa shape index (κ3) is 9.68. The molecule has 1 rings (SSSR count). The van der Waals surface area contributed by atoms with E-state index in [1.54, 1.807) is 0 Å². The number of allylic oxidation sites excluding steroid dienone is 3. The number of hydrogen-bond donors (Lipinski definition) is 0. The van der Waals surface area contributed by atoms with Crippen LogP contribution < -0.4 is 0 Å². The van der Waals surface area contributed by atoms with Gasteiger partial charge in [-0.2, -0.15) is 0 Å². The van der Waals surface area contributed by atoms with Crippen LogP contribution in [0.4, 0.5) is 0 Å². The Morgan fingerprint density at radius 1 is 1.00 bits per heavy atom. The molecule has 0 aromatic rings. The van der Waals surface area contributed by atoms with Crippen LogP contribution in [0.1, 0.15) is 112 Å². The molecule has 0 aliphatic heterocycles. The molecule has 0 radical (unpaired) electrons. The zero-order valence-corrected chi connectivity index (χ0v) is 25.2. The van der Waals surface area contributed by atoms with Gasteiger partial charge in [-0.3, -0.25) is 0 Å². The van der Waals surface area contributed by atoms with Crippen LogP contribution in [-0.2, 0) is 9.16 Å². The van der Waals surface area contributed by atoms with Crippen LogP contribution in [0.2, 0.25) is 18.1 Å². The molecule has 3 heteroatoms. The number of rotatable bonds is 17. The van der Waals surface area contributed by atoms with Gasteiger partial charge in [-0.25, -0.2) is 0 Å². The first-order chi connectivity index (χ1) is 15.8. The average molecular weight is 491 g/mol. The van der Waals surface area contributed by atoms with Crippen LogP contribution in [0.5, 0.6) is 0 Å². The fourth-order valence-electron chi connectivity index (χ4n) is 5.50. The predicted octanol–water partition coefficient (Wildman–Crippen LogP) is 10.2. The number of hydrogen-bond acceptors (Lipinski definition) is 2. The molecule has 198 valence electrons. The molecule has 0 aromatic heterocycles. The fraction of sp³-hybridized carbons (Fsp3) is 0.806. The van der Waals surface area contributed by atoms with Crippen molar-refractivity contribution < 1.29 is 9.16 Å². The Morgan fingerprint density at radius 2 is 1.68 bits per heavy atom. The quantitative estimate of drug-likeness (QED) is 0.0873. The topological polar surface area (TPSA) is 18.5 Å². The summed E-state index contributed by atoms with van der Waals surface area (Å²) < 4.78 is 13.6. The van der Waals surface area contributed by atoms with Crippen molar-refractivity contribution in [1.82, 2.24) is 0 Å².